The molecule has 4 nitrogen and oxygen atoms in total. The number of halogens is 1. The Bertz CT molecular complexity index is 597. The van der Waals surface area contributed by atoms with Gasteiger partial charge in [0.2, 0.25) is 5.91 Å². The first-order valence-corrected chi connectivity index (χ1v) is 7.65. The highest BCUT2D eigenvalue weighted by Crippen LogP contribution is 2.36. The lowest BCUT2D eigenvalue weighted by Gasteiger charge is -2.32. The largest absolute Gasteiger partial charge is 0.494 e. The lowest BCUT2D eigenvalue weighted by molar-refractivity contribution is -0.117. The van der Waals surface area contributed by atoms with E-state index in [1.165, 1.54) is 6.07 Å². The molecule has 1 saturated carbocycles. The molecule has 1 saturated heterocycles. The molecule has 2 aliphatic rings. The van der Waals surface area contributed by atoms with Crippen LogP contribution >= 0.6 is 0 Å². The topological polar surface area (TPSA) is 47.6 Å². The number of anilines is 1. The van der Waals surface area contributed by atoms with Crippen molar-refractivity contribution in [3.8, 4) is 0 Å². The first-order chi connectivity index (χ1) is 10.2. The molecule has 0 bridgehead atoms. The fraction of sp³-hybridized carbons (Fsp3) is 0.562. The molecule has 118 valence electrons. The number of rotatable bonds is 3. The second kappa shape index (κ2) is 5.06. The van der Waals surface area contributed by atoms with E-state index >= 15 is 0 Å². The number of nitrogens with one attached hydrogen (secondary N) is 1. The molecule has 2 fully saturated rings. The number of hydrogen-bond acceptors (Lipinski definition) is 3. The van der Waals surface area contributed by atoms with Gasteiger partial charge in [-0.05, 0) is 58.1 Å². The van der Waals surface area contributed by atoms with Crippen molar-refractivity contribution < 1.29 is 18.5 Å². The summed E-state index contributed by atoms with van der Waals surface area (Å²) >= 11 is 0. The molecule has 0 aromatic heterocycles. The molecule has 1 N–H and O–H groups in total. The lowest BCUT2D eigenvalue weighted by atomic mass is 9.79. The Morgan fingerprint density at radius 3 is 2.32 bits per heavy atom. The Morgan fingerprint density at radius 2 is 1.82 bits per heavy atom. The van der Waals surface area contributed by atoms with Gasteiger partial charge in [-0.2, -0.15) is 0 Å². The van der Waals surface area contributed by atoms with E-state index in [0.717, 1.165) is 12.8 Å². The molecule has 1 aliphatic heterocycles. The Hall–Kier alpha value is -1.40. The molecule has 1 amide bonds. The van der Waals surface area contributed by atoms with Gasteiger partial charge < -0.3 is 14.6 Å². The normalized spacial score (nSPS) is 22.7. The third-order valence-corrected chi connectivity index (χ3v) is 4.72. The van der Waals surface area contributed by atoms with E-state index in [2.05, 4.69) is 5.32 Å². The van der Waals surface area contributed by atoms with Gasteiger partial charge in [-0.3, -0.25) is 4.79 Å². The van der Waals surface area contributed by atoms with Crippen LogP contribution in [0.2, 0.25) is 0 Å². The van der Waals surface area contributed by atoms with Crippen LogP contribution in [0.15, 0.2) is 18.2 Å². The molecule has 3 rings (SSSR count). The zero-order chi connectivity index (χ0) is 16.1. The van der Waals surface area contributed by atoms with Crippen LogP contribution in [0.3, 0.4) is 0 Å². The molecule has 6 heteroatoms. The molecule has 0 spiro atoms. The van der Waals surface area contributed by atoms with Crippen LogP contribution in [0.5, 0.6) is 0 Å². The molecule has 1 aliphatic carbocycles. The maximum atomic E-state index is 14.2. The summed E-state index contributed by atoms with van der Waals surface area (Å²) in [5.74, 6) is -0.536. The van der Waals surface area contributed by atoms with Crippen LogP contribution in [-0.4, -0.2) is 24.2 Å². The lowest BCUT2D eigenvalue weighted by Crippen LogP contribution is -2.41. The molecule has 0 atom stereocenters. The average molecular weight is 305 g/mol. The summed E-state index contributed by atoms with van der Waals surface area (Å²) in [4.78, 5) is 11.7. The van der Waals surface area contributed by atoms with Crippen molar-refractivity contribution in [1.82, 2.24) is 0 Å². The smallest absolute Gasteiger partial charge is 0.399 e. The molecule has 0 radical (unpaired) electrons. The molecule has 0 unspecified atom stereocenters. The molecule has 1 aromatic carbocycles. The van der Waals surface area contributed by atoms with Crippen molar-refractivity contribution in [1.29, 1.82) is 0 Å². The van der Waals surface area contributed by atoms with E-state index in [-0.39, 0.29) is 17.5 Å². The van der Waals surface area contributed by atoms with Gasteiger partial charge in [-0.1, -0.05) is 6.07 Å². The fourth-order valence-electron chi connectivity index (χ4n) is 2.34. The third kappa shape index (κ3) is 2.77. The van der Waals surface area contributed by atoms with E-state index < -0.39 is 24.1 Å². The van der Waals surface area contributed by atoms with E-state index in [0.29, 0.717) is 5.46 Å². The summed E-state index contributed by atoms with van der Waals surface area (Å²) in [5, 5.41) is 2.63. The van der Waals surface area contributed by atoms with Gasteiger partial charge in [0.25, 0.3) is 0 Å². The van der Waals surface area contributed by atoms with Crippen molar-refractivity contribution >= 4 is 24.2 Å². The summed E-state index contributed by atoms with van der Waals surface area (Å²) < 4.78 is 26.0. The first kappa shape index (κ1) is 15.5. The number of amides is 1. The Labute approximate surface area is 130 Å². The minimum Gasteiger partial charge on any atom is -0.399 e. The van der Waals surface area contributed by atoms with Gasteiger partial charge in [0.15, 0.2) is 0 Å². The van der Waals surface area contributed by atoms with E-state index in [1.54, 1.807) is 12.1 Å². The van der Waals surface area contributed by atoms with Gasteiger partial charge in [-0.15, -0.1) is 0 Å². The highest BCUT2D eigenvalue weighted by molar-refractivity contribution is 6.62. The van der Waals surface area contributed by atoms with Crippen LogP contribution < -0.4 is 10.8 Å². The Morgan fingerprint density at radius 1 is 1.23 bits per heavy atom. The van der Waals surface area contributed by atoms with Crippen molar-refractivity contribution in [2.24, 2.45) is 5.92 Å². The fourth-order valence-corrected chi connectivity index (χ4v) is 2.34. The zero-order valence-corrected chi connectivity index (χ0v) is 13.4. The summed E-state index contributed by atoms with van der Waals surface area (Å²) in [7, 11) is -0.604. The maximum absolute atomic E-state index is 14.2. The van der Waals surface area contributed by atoms with Gasteiger partial charge in [0.05, 0.1) is 16.9 Å². The standard InChI is InChI=1S/C16H21BFNO3/c1-15(2)16(3,4)22-17(21-15)11-7-8-13(12(18)9-11)19-14(20)10-5-6-10/h7-10H,5-6H2,1-4H3,(H,19,20). The summed E-state index contributed by atoms with van der Waals surface area (Å²) in [6, 6.07) is 4.66. The van der Waals surface area contributed by atoms with Crippen LogP contribution in [0.25, 0.3) is 0 Å². The van der Waals surface area contributed by atoms with Crippen LogP contribution in [-0.2, 0) is 14.1 Å². The van der Waals surface area contributed by atoms with Crippen molar-refractivity contribution in [2.45, 2.75) is 51.7 Å². The van der Waals surface area contributed by atoms with Crippen LogP contribution in [0.1, 0.15) is 40.5 Å². The maximum Gasteiger partial charge on any atom is 0.494 e. The van der Waals surface area contributed by atoms with Gasteiger partial charge in [-0.25, -0.2) is 4.39 Å². The number of benzene rings is 1. The molecule has 1 aromatic rings. The van der Waals surface area contributed by atoms with Crippen LogP contribution in [0, 0.1) is 11.7 Å². The summed E-state index contributed by atoms with van der Waals surface area (Å²) in [6.45, 7) is 7.81. The van der Waals surface area contributed by atoms with Crippen molar-refractivity contribution in [3.05, 3.63) is 24.0 Å². The van der Waals surface area contributed by atoms with Crippen molar-refractivity contribution in [3.63, 3.8) is 0 Å². The summed E-state index contributed by atoms with van der Waals surface area (Å²) in [6.07, 6.45) is 1.78. The monoisotopic (exact) mass is 305 g/mol. The van der Waals surface area contributed by atoms with Gasteiger partial charge in [0, 0.05) is 5.92 Å². The minimum absolute atomic E-state index is 0.0437. The van der Waals surface area contributed by atoms with Crippen LogP contribution in [0.4, 0.5) is 10.1 Å². The van der Waals surface area contributed by atoms with Gasteiger partial charge in [0.1, 0.15) is 5.82 Å². The summed E-state index contributed by atoms with van der Waals surface area (Å²) in [5.41, 5.74) is -0.113. The quantitative estimate of drug-likeness (QED) is 0.873. The van der Waals surface area contributed by atoms with E-state index in [1.807, 2.05) is 27.7 Å². The number of carbonyl (C=O) groups is 1. The number of hydrogen-bond donors (Lipinski definition) is 1. The Kier molecular flexibility index (Phi) is 3.57. The average Bonchev–Trinajstić information content (AvgIpc) is 3.20. The molecular weight excluding hydrogens is 284 g/mol. The van der Waals surface area contributed by atoms with Gasteiger partial charge >= 0.3 is 7.12 Å². The van der Waals surface area contributed by atoms with E-state index in [9.17, 15) is 9.18 Å². The Balaban J connectivity index is 1.76. The predicted octanol–water partition coefficient (Wildman–Crippen LogP) is 2.47. The highest BCUT2D eigenvalue weighted by Gasteiger charge is 2.51. The van der Waals surface area contributed by atoms with Crippen molar-refractivity contribution in [2.75, 3.05) is 5.32 Å². The number of carbonyl (C=O) groups excluding carboxylic acids is 1. The SMILES string of the molecule is CC1(C)OB(c2ccc(NC(=O)C3CC3)c(F)c2)OC1(C)C. The second-order valence-electron chi connectivity index (χ2n) is 7.09. The molecule has 1 heterocycles. The molecule has 22 heavy (non-hydrogen) atoms. The highest BCUT2D eigenvalue weighted by atomic mass is 19.1. The third-order valence-electron chi connectivity index (χ3n) is 4.72. The van der Waals surface area contributed by atoms with E-state index in [4.69, 9.17) is 9.31 Å². The zero-order valence-electron chi connectivity index (χ0n) is 13.4. The first-order valence-electron chi connectivity index (χ1n) is 7.65. The predicted molar refractivity (Wildman–Crippen MR) is 83.5 cm³/mol. The minimum atomic E-state index is -0.604. The molecular formula is C16H21BFNO3. The second-order valence-corrected chi connectivity index (χ2v) is 7.09.